The van der Waals surface area contributed by atoms with E-state index in [2.05, 4.69) is 6.92 Å². The van der Waals surface area contributed by atoms with Gasteiger partial charge >= 0.3 is 11.9 Å². The molecule has 0 rings (SSSR count). The minimum absolute atomic E-state index is 0.352. The number of ether oxygens (including phenoxy) is 1. The fourth-order valence-corrected chi connectivity index (χ4v) is 1.88. The summed E-state index contributed by atoms with van der Waals surface area (Å²) in [5, 5.41) is 16.4. The normalized spacial score (nSPS) is 12.3. The largest absolute Gasteiger partial charge is 0.481 e. The Balaban J connectivity index is 3.60. The van der Waals surface area contributed by atoms with E-state index in [1.807, 2.05) is 0 Å². The van der Waals surface area contributed by atoms with Crippen molar-refractivity contribution in [1.29, 1.82) is 0 Å². The van der Waals surface area contributed by atoms with Gasteiger partial charge in [-0.1, -0.05) is 13.3 Å². The number of hydrogen-bond acceptors (Lipinski definition) is 4. The number of rotatable bonds is 10. The minimum atomic E-state index is -1.09. The van der Waals surface area contributed by atoms with Gasteiger partial charge in [0.25, 0.3) is 0 Å². The predicted octanol–water partition coefficient (Wildman–Crippen LogP) is 1.46. The van der Waals surface area contributed by atoms with Gasteiger partial charge in [-0.3, -0.25) is 9.59 Å². The van der Waals surface area contributed by atoms with Gasteiger partial charge in [0.15, 0.2) is 0 Å². The van der Waals surface area contributed by atoms with Crippen LogP contribution in [0.15, 0.2) is 0 Å². The summed E-state index contributed by atoms with van der Waals surface area (Å²) in [4.78, 5) is 21.1. The van der Waals surface area contributed by atoms with Crippen molar-refractivity contribution in [3.05, 3.63) is 0 Å². The summed E-state index contributed by atoms with van der Waals surface area (Å²) in [6, 6.07) is 0. The van der Waals surface area contributed by atoms with Gasteiger partial charge in [0.05, 0.1) is 13.0 Å². The molecule has 0 heterocycles. The standard InChI is InChI=1S/C10H18O5S/c1-2-3-4-15-5-6-16-8(10(13)14)7-9(11)12/h8H,2-7H2,1H3,(H,11,12)(H,13,14)/t8-/m1/s1. The molecule has 0 fully saturated rings. The van der Waals surface area contributed by atoms with E-state index in [0.717, 1.165) is 24.6 Å². The average Bonchev–Trinajstić information content (AvgIpc) is 2.20. The number of aliphatic carboxylic acids is 2. The lowest BCUT2D eigenvalue weighted by Gasteiger charge is -2.09. The van der Waals surface area contributed by atoms with Crippen LogP contribution in [0.2, 0.25) is 0 Å². The SMILES string of the molecule is CCCCOCCS[C@H](CC(=O)O)C(=O)O. The maximum absolute atomic E-state index is 10.7. The highest BCUT2D eigenvalue weighted by atomic mass is 32.2. The second-order valence-electron chi connectivity index (χ2n) is 3.26. The molecule has 0 aromatic rings. The smallest absolute Gasteiger partial charge is 0.317 e. The molecule has 0 saturated heterocycles. The van der Waals surface area contributed by atoms with Gasteiger partial charge in [0, 0.05) is 12.4 Å². The van der Waals surface area contributed by atoms with Gasteiger partial charge in [-0.25, -0.2) is 0 Å². The predicted molar refractivity (Wildman–Crippen MR) is 61.9 cm³/mol. The summed E-state index contributed by atoms with van der Waals surface area (Å²) in [5.41, 5.74) is 0. The molecular weight excluding hydrogens is 232 g/mol. The Morgan fingerprint density at radius 3 is 2.50 bits per heavy atom. The lowest BCUT2D eigenvalue weighted by atomic mass is 10.3. The van der Waals surface area contributed by atoms with Gasteiger partial charge in [-0.15, -0.1) is 11.8 Å². The van der Waals surface area contributed by atoms with Crippen LogP contribution in [-0.4, -0.2) is 46.4 Å². The van der Waals surface area contributed by atoms with Crippen LogP contribution in [0, 0.1) is 0 Å². The van der Waals surface area contributed by atoms with E-state index in [0.29, 0.717) is 19.0 Å². The lowest BCUT2D eigenvalue weighted by molar-refractivity contribution is -0.142. The van der Waals surface area contributed by atoms with Gasteiger partial charge in [-0.2, -0.15) is 0 Å². The zero-order valence-corrected chi connectivity index (χ0v) is 10.2. The molecule has 5 nitrogen and oxygen atoms in total. The Kier molecular flexibility index (Phi) is 9.03. The highest BCUT2D eigenvalue weighted by Gasteiger charge is 2.20. The summed E-state index contributed by atoms with van der Waals surface area (Å²) in [6.45, 7) is 3.20. The van der Waals surface area contributed by atoms with Crippen LogP contribution < -0.4 is 0 Å². The van der Waals surface area contributed by atoms with E-state index in [1.54, 1.807) is 0 Å². The third kappa shape index (κ3) is 8.55. The first-order chi connectivity index (χ1) is 7.57. The summed E-state index contributed by atoms with van der Waals surface area (Å²) in [6.07, 6.45) is 1.70. The molecule has 0 saturated carbocycles. The zero-order chi connectivity index (χ0) is 12.4. The third-order valence-corrected chi connectivity index (χ3v) is 3.00. The fraction of sp³-hybridized carbons (Fsp3) is 0.800. The molecule has 0 aliphatic rings. The van der Waals surface area contributed by atoms with Gasteiger partial charge in [0.1, 0.15) is 5.25 Å². The van der Waals surface area contributed by atoms with Crippen LogP contribution in [0.5, 0.6) is 0 Å². The molecule has 0 spiro atoms. The summed E-state index contributed by atoms with van der Waals surface area (Å²) >= 11 is 1.11. The highest BCUT2D eigenvalue weighted by molar-refractivity contribution is 8.00. The van der Waals surface area contributed by atoms with Crippen molar-refractivity contribution < 1.29 is 24.5 Å². The van der Waals surface area contributed by atoms with Crippen molar-refractivity contribution in [2.24, 2.45) is 0 Å². The maximum Gasteiger partial charge on any atom is 0.317 e. The van der Waals surface area contributed by atoms with Crippen LogP contribution in [0.1, 0.15) is 26.2 Å². The Morgan fingerprint density at radius 1 is 1.31 bits per heavy atom. The van der Waals surface area contributed by atoms with E-state index in [-0.39, 0.29) is 6.42 Å². The number of carboxylic acid groups (broad SMARTS) is 2. The van der Waals surface area contributed by atoms with Crippen LogP contribution in [0.3, 0.4) is 0 Å². The van der Waals surface area contributed by atoms with Crippen LogP contribution >= 0.6 is 11.8 Å². The van der Waals surface area contributed by atoms with E-state index in [1.165, 1.54) is 0 Å². The van der Waals surface area contributed by atoms with E-state index >= 15 is 0 Å². The first kappa shape index (κ1) is 15.2. The lowest BCUT2D eigenvalue weighted by Crippen LogP contribution is -2.21. The average molecular weight is 250 g/mol. The first-order valence-electron chi connectivity index (χ1n) is 5.21. The van der Waals surface area contributed by atoms with Crippen molar-refractivity contribution in [3.63, 3.8) is 0 Å². The second kappa shape index (κ2) is 9.47. The van der Waals surface area contributed by atoms with Crippen molar-refractivity contribution in [3.8, 4) is 0 Å². The monoisotopic (exact) mass is 250 g/mol. The molecule has 0 aliphatic heterocycles. The number of carbonyl (C=O) groups is 2. The van der Waals surface area contributed by atoms with Crippen molar-refractivity contribution in [1.82, 2.24) is 0 Å². The van der Waals surface area contributed by atoms with Crippen LogP contribution in [0.25, 0.3) is 0 Å². The molecule has 0 aliphatic carbocycles. The van der Waals surface area contributed by atoms with Crippen molar-refractivity contribution in [2.45, 2.75) is 31.4 Å². The molecule has 0 amide bonds. The number of hydrogen-bond donors (Lipinski definition) is 2. The zero-order valence-electron chi connectivity index (χ0n) is 9.35. The molecule has 0 bridgehead atoms. The maximum atomic E-state index is 10.7. The topological polar surface area (TPSA) is 83.8 Å². The van der Waals surface area contributed by atoms with Crippen molar-refractivity contribution >= 4 is 23.7 Å². The Morgan fingerprint density at radius 2 is 2.00 bits per heavy atom. The Labute approximate surface area is 99.2 Å². The molecule has 0 radical (unpaired) electrons. The quantitative estimate of drug-likeness (QED) is 0.571. The van der Waals surface area contributed by atoms with E-state index in [4.69, 9.17) is 14.9 Å². The third-order valence-electron chi connectivity index (χ3n) is 1.82. The second-order valence-corrected chi connectivity index (χ2v) is 4.57. The van der Waals surface area contributed by atoms with Gasteiger partial charge < -0.3 is 14.9 Å². The molecule has 2 N–H and O–H groups in total. The molecule has 0 aromatic carbocycles. The molecule has 1 atom stereocenters. The molecular formula is C10H18O5S. The van der Waals surface area contributed by atoms with Gasteiger partial charge in [-0.05, 0) is 6.42 Å². The highest BCUT2D eigenvalue weighted by Crippen LogP contribution is 2.14. The minimum Gasteiger partial charge on any atom is -0.481 e. The van der Waals surface area contributed by atoms with Gasteiger partial charge in [0.2, 0.25) is 0 Å². The Bertz CT molecular complexity index is 219. The molecule has 94 valence electrons. The number of unbranched alkanes of at least 4 members (excludes halogenated alkanes) is 1. The van der Waals surface area contributed by atoms with E-state index < -0.39 is 17.2 Å². The van der Waals surface area contributed by atoms with Crippen LogP contribution in [-0.2, 0) is 14.3 Å². The summed E-state index contributed by atoms with van der Waals surface area (Å²) < 4.78 is 5.25. The van der Waals surface area contributed by atoms with E-state index in [9.17, 15) is 9.59 Å². The fourth-order valence-electron chi connectivity index (χ4n) is 0.974. The molecule has 0 aromatic heterocycles. The first-order valence-corrected chi connectivity index (χ1v) is 6.26. The number of carboxylic acids is 2. The molecule has 6 heteroatoms. The number of thioether (sulfide) groups is 1. The molecule has 16 heavy (non-hydrogen) atoms. The summed E-state index contributed by atoms with van der Waals surface area (Å²) in [7, 11) is 0. The van der Waals surface area contributed by atoms with Crippen molar-refractivity contribution in [2.75, 3.05) is 19.0 Å². The Hall–Kier alpha value is -0.750. The summed E-state index contributed by atoms with van der Waals surface area (Å²) in [5.74, 6) is -1.67. The van der Waals surface area contributed by atoms with Crippen LogP contribution in [0.4, 0.5) is 0 Å². The molecule has 0 unspecified atom stereocenters.